The summed E-state index contributed by atoms with van der Waals surface area (Å²) in [6.07, 6.45) is 0. The number of furan rings is 1. The zero-order valence-corrected chi connectivity index (χ0v) is 28.5. The lowest BCUT2D eigenvalue weighted by Gasteiger charge is -2.27. The maximum Gasteiger partial charge on any atom is 0.227 e. The van der Waals surface area contributed by atoms with Crippen molar-refractivity contribution in [2.75, 3.05) is 4.90 Å². The fourth-order valence-corrected chi connectivity index (χ4v) is 7.98. The molecule has 2 heterocycles. The molecule has 4 heteroatoms. The van der Waals surface area contributed by atoms with Crippen LogP contribution in [-0.2, 0) is 0 Å². The molecule has 0 spiro atoms. The normalized spacial score (nSPS) is 11.8. The molecule has 0 unspecified atom stereocenters. The van der Waals surface area contributed by atoms with Crippen molar-refractivity contribution in [3.8, 4) is 22.6 Å². The van der Waals surface area contributed by atoms with E-state index in [4.69, 9.17) is 13.8 Å². The van der Waals surface area contributed by atoms with Crippen molar-refractivity contribution in [3.63, 3.8) is 0 Å². The third kappa shape index (κ3) is 4.73. The maximum absolute atomic E-state index is 6.58. The fraction of sp³-hybridized carbons (Fsp3) is 0. The summed E-state index contributed by atoms with van der Waals surface area (Å²) in [6, 6.07) is 63.9. The van der Waals surface area contributed by atoms with Crippen molar-refractivity contribution in [1.82, 2.24) is 4.98 Å². The third-order valence-corrected chi connectivity index (χ3v) is 10.5. The molecule has 9 aromatic carbocycles. The summed E-state index contributed by atoms with van der Waals surface area (Å²) in [5, 5.41) is 8.99. The van der Waals surface area contributed by atoms with Gasteiger partial charge in [0.05, 0.1) is 11.1 Å². The first-order valence-electron chi connectivity index (χ1n) is 17.9. The molecule has 0 aliphatic heterocycles. The molecule has 11 rings (SSSR count). The lowest BCUT2D eigenvalue weighted by atomic mass is 9.95. The van der Waals surface area contributed by atoms with Gasteiger partial charge < -0.3 is 13.7 Å². The Balaban J connectivity index is 1.14. The van der Waals surface area contributed by atoms with Gasteiger partial charge in [0.15, 0.2) is 5.58 Å². The first-order chi connectivity index (χ1) is 26.3. The number of hydrogen-bond donors (Lipinski definition) is 0. The standard InChI is InChI=1S/C49H30N2O2/c1-3-10-31(11-4-1)32-22-25-37(26-23-32)51(42-15-9-17-44-47(42)40-14-7-8-16-43(40)52-44)38-27-28-39-36(30-38)21-20-33-18-19-34-24-29-41-48(46(34)45(33)39)53-49(50-41)35-12-5-2-6-13-35/h1-30H. The van der Waals surface area contributed by atoms with Crippen LogP contribution >= 0.6 is 0 Å². The summed E-state index contributed by atoms with van der Waals surface area (Å²) in [6.45, 7) is 0. The van der Waals surface area contributed by atoms with Gasteiger partial charge in [-0.05, 0) is 93.3 Å². The van der Waals surface area contributed by atoms with E-state index in [0.29, 0.717) is 5.89 Å². The van der Waals surface area contributed by atoms with Crippen LogP contribution < -0.4 is 4.90 Å². The van der Waals surface area contributed by atoms with Crippen molar-refractivity contribution in [1.29, 1.82) is 0 Å². The Hall–Kier alpha value is -7.17. The lowest BCUT2D eigenvalue weighted by molar-refractivity contribution is 0.623. The van der Waals surface area contributed by atoms with Crippen LogP contribution in [0.25, 0.3) is 87.9 Å². The molecule has 0 amide bonds. The van der Waals surface area contributed by atoms with Crippen LogP contribution in [0.3, 0.4) is 0 Å². The highest BCUT2D eigenvalue weighted by molar-refractivity contribution is 6.26. The summed E-state index contributed by atoms with van der Waals surface area (Å²) in [5.41, 5.74) is 9.89. The zero-order valence-electron chi connectivity index (χ0n) is 28.5. The SMILES string of the molecule is c1ccc(-c2ccc(N(c3ccc4c(ccc5ccc6ccc7nc(-c8ccccc8)oc7c6c54)c3)c3cccc4oc5ccccc5c34)cc2)cc1. The second kappa shape index (κ2) is 11.7. The van der Waals surface area contributed by atoms with E-state index in [9.17, 15) is 0 Å². The van der Waals surface area contributed by atoms with E-state index in [1.807, 2.05) is 42.5 Å². The van der Waals surface area contributed by atoms with Gasteiger partial charge in [0.2, 0.25) is 5.89 Å². The molecule has 0 bridgehead atoms. The van der Waals surface area contributed by atoms with E-state index in [0.717, 1.165) is 88.0 Å². The molecule has 2 aromatic heterocycles. The van der Waals surface area contributed by atoms with Crippen LogP contribution in [0, 0.1) is 0 Å². The second-order valence-electron chi connectivity index (χ2n) is 13.5. The van der Waals surface area contributed by atoms with Gasteiger partial charge in [-0.2, -0.15) is 0 Å². The molecule has 0 atom stereocenters. The van der Waals surface area contributed by atoms with E-state index < -0.39 is 0 Å². The first-order valence-corrected chi connectivity index (χ1v) is 17.9. The zero-order chi connectivity index (χ0) is 34.9. The Morgan fingerprint density at radius 2 is 1.04 bits per heavy atom. The molecule has 53 heavy (non-hydrogen) atoms. The van der Waals surface area contributed by atoms with Crippen LogP contribution in [-0.4, -0.2) is 4.98 Å². The summed E-state index contributed by atoms with van der Waals surface area (Å²) >= 11 is 0. The highest BCUT2D eigenvalue weighted by Gasteiger charge is 2.21. The Morgan fingerprint density at radius 3 is 1.85 bits per heavy atom. The Bertz CT molecular complexity index is 3160. The van der Waals surface area contributed by atoms with Crippen molar-refractivity contribution < 1.29 is 8.83 Å². The average molecular weight is 679 g/mol. The number of fused-ring (bicyclic) bond motifs is 10. The molecule has 0 fully saturated rings. The molecule has 0 saturated heterocycles. The molecule has 0 aliphatic rings. The van der Waals surface area contributed by atoms with Gasteiger partial charge in [0, 0.05) is 33.1 Å². The number of rotatable bonds is 5. The molecule has 248 valence electrons. The van der Waals surface area contributed by atoms with Crippen molar-refractivity contribution in [2.24, 2.45) is 0 Å². The number of nitrogens with zero attached hydrogens (tertiary/aromatic N) is 2. The summed E-state index contributed by atoms with van der Waals surface area (Å²) < 4.78 is 13.0. The van der Waals surface area contributed by atoms with Gasteiger partial charge in [-0.15, -0.1) is 0 Å². The number of aromatic nitrogens is 1. The highest BCUT2D eigenvalue weighted by atomic mass is 16.3. The van der Waals surface area contributed by atoms with Crippen LogP contribution in [0.5, 0.6) is 0 Å². The number of hydrogen-bond acceptors (Lipinski definition) is 4. The summed E-state index contributed by atoms with van der Waals surface area (Å²) in [7, 11) is 0. The number of para-hydroxylation sites is 1. The summed E-state index contributed by atoms with van der Waals surface area (Å²) in [4.78, 5) is 7.26. The first kappa shape index (κ1) is 29.5. The molecule has 0 saturated carbocycles. The highest BCUT2D eigenvalue weighted by Crippen LogP contribution is 2.45. The molecule has 0 aliphatic carbocycles. The molecular weight excluding hydrogens is 649 g/mol. The quantitative estimate of drug-likeness (QED) is 0.170. The Morgan fingerprint density at radius 1 is 0.396 bits per heavy atom. The van der Waals surface area contributed by atoms with Gasteiger partial charge in [-0.25, -0.2) is 4.98 Å². The lowest BCUT2D eigenvalue weighted by Crippen LogP contribution is -2.10. The minimum atomic E-state index is 0.627. The van der Waals surface area contributed by atoms with Crippen molar-refractivity contribution >= 4 is 82.4 Å². The maximum atomic E-state index is 6.58. The molecule has 4 nitrogen and oxygen atoms in total. The van der Waals surface area contributed by atoms with Crippen molar-refractivity contribution in [2.45, 2.75) is 0 Å². The number of anilines is 3. The monoisotopic (exact) mass is 678 g/mol. The van der Waals surface area contributed by atoms with E-state index in [2.05, 4.69) is 144 Å². The van der Waals surface area contributed by atoms with Gasteiger partial charge in [0.1, 0.15) is 16.7 Å². The minimum Gasteiger partial charge on any atom is -0.456 e. The van der Waals surface area contributed by atoms with Crippen LogP contribution in [0.1, 0.15) is 0 Å². The van der Waals surface area contributed by atoms with Gasteiger partial charge in [0.25, 0.3) is 0 Å². The van der Waals surface area contributed by atoms with Crippen LogP contribution in [0.2, 0.25) is 0 Å². The van der Waals surface area contributed by atoms with Gasteiger partial charge in [-0.1, -0.05) is 121 Å². The Labute approximate surface area is 304 Å². The van der Waals surface area contributed by atoms with E-state index in [-0.39, 0.29) is 0 Å². The third-order valence-electron chi connectivity index (χ3n) is 10.5. The molecule has 0 N–H and O–H groups in total. The molecule has 0 radical (unpaired) electrons. The van der Waals surface area contributed by atoms with Crippen LogP contribution in [0.4, 0.5) is 17.1 Å². The topological polar surface area (TPSA) is 42.4 Å². The van der Waals surface area contributed by atoms with Gasteiger partial charge >= 0.3 is 0 Å². The molecular formula is C49H30N2O2. The predicted molar refractivity (Wildman–Crippen MR) is 219 cm³/mol. The largest absolute Gasteiger partial charge is 0.456 e. The minimum absolute atomic E-state index is 0.627. The Kier molecular flexibility index (Phi) is 6.52. The van der Waals surface area contributed by atoms with Crippen molar-refractivity contribution in [3.05, 3.63) is 182 Å². The van der Waals surface area contributed by atoms with E-state index in [1.54, 1.807) is 0 Å². The number of benzene rings is 9. The summed E-state index contributed by atoms with van der Waals surface area (Å²) in [5.74, 6) is 0.627. The number of oxazole rings is 1. The second-order valence-corrected chi connectivity index (χ2v) is 13.5. The van der Waals surface area contributed by atoms with Gasteiger partial charge in [-0.3, -0.25) is 0 Å². The van der Waals surface area contributed by atoms with E-state index >= 15 is 0 Å². The smallest absolute Gasteiger partial charge is 0.227 e. The van der Waals surface area contributed by atoms with Crippen LogP contribution in [0.15, 0.2) is 191 Å². The average Bonchev–Trinajstić information content (AvgIpc) is 3.84. The predicted octanol–water partition coefficient (Wildman–Crippen LogP) is 14.0. The fourth-order valence-electron chi connectivity index (χ4n) is 7.98. The van der Waals surface area contributed by atoms with E-state index in [1.165, 1.54) is 11.1 Å². The molecule has 11 aromatic rings.